The van der Waals surface area contributed by atoms with E-state index in [0.29, 0.717) is 29.4 Å². The SMILES string of the molecule is COc1ccccc1N1CC(C(=O)Nc2ccc3c(c2)OC2(CCCCC2)O3)CC1=O. The first-order valence-electron chi connectivity index (χ1n) is 10.8. The van der Waals surface area contributed by atoms with Crippen molar-refractivity contribution in [1.29, 1.82) is 0 Å². The third-order valence-corrected chi connectivity index (χ3v) is 6.29. The minimum Gasteiger partial charge on any atom is -0.495 e. The molecule has 7 nitrogen and oxygen atoms in total. The number of methoxy groups -OCH3 is 1. The van der Waals surface area contributed by atoms with E-state index in [2.05, 4.69) is 5.32 Å². The molecule has 1 atom stereocenters. The molecule has 1 saturated heterocycles. The van der Waals surface area contributed by atoms with Gasteiger partial charge in [-0.1, -0.05) is 18.6 Å². The molecule has 2 aromatic rings. The van der Waals surface area contributed by atoms with E-state index in [1.54, 1.807) is 12.0 Å². The van der Waals surface area contributed by atoms with E-state index < -0.39 is 11.7 Å². The maximum atomic E-state index is 12.9. The highest BCUT2D eigenvalue weighted by molar-refractivity contribution is 6.04. The first kappa shape index (κ1) is 19.7. The molecule has 1 unspecified atom stereocenters. The van der Waals surface area contributed by atoms with Crippen LogP contribution in [0.2, 0.25) is 0 Å². The van der Waals surface area contributed by atoms with E-state index >= 15 is 0 Å². The normalized spacial score (nSPS) is 21.4. The van der Waals surface area contributed by atoms with Gasteiger partial charge >= 0.3 is 0 Å². The Morgan fingerprint density at radius 2 is 1.87 bits per heavy atom. The van der Waals surface area contributed by atoms with E-state index in [9.17, 15) is 9.59 Å². The zero-order chi connectivity index (χ0) is 21.4. The van der Waals surface area contributed by atoms with E-state index in [1.165, 1.54) is 6.42 Å². The van der Waals surface area contributed by atoms with Gasteiger partial charge in [0.15, 0.2) is 11.5 Å². The molecule has 2 amide bonds. The number of nitrogens with one attached hydrogen (secondary N) is 1. The number of hydrogen-bond acceptors (Lipinski definition) is 5. The fraction of sp³-hybridized carbons (Fsp3) is 0.417. The Kier molecular flexibility index (Phi) is 4.96. The average Bonchev–Trinajstić information content (AvgIpc) is 3.33. The summed E-state index contributed by atoms with van der Waals surface area (Å²) in [5.41, 5.74) is 1.33. The lowest BCUT2D eigenvalue weighted by Crippen LogP contribution is -2.40. The lowest BCUT2D eigenvalue weighted by molar-refractivity contribution is -0.122. The summed E-state index contributed by atoms with van der Waals surface area (Å²) in [5, 5.41) is 2.94. The van der Waals surface area contributed by atoms with Crippen LogP contribution in [-0.4, -0.2) is 31.3 Å². The predicted molar refractivity (Wildman–Crippen MR) is 116 cm³/mol. The smallest absolute Gasteiger partial charge is 0.251 e. The molecule has 1 aliphatic carbocycles. The molecule has 162 valence electrons. The van der Waals surface area contributed by atoms with Crippen molar-refractivity contribution < 1.29 is 23.8 Å². The highest BCUT2D eigenvalue weighted by Crippen LogP contribution is 2.46. The van der Waals surface area contributed by atoms with Gasteiger partial charge in [0.05, 0.1) is 18.7 Å². The molecule has 5 rings (SSSR count). The molecule has 0 aromatic heterocycles. The van der Waals surface area contributed by atoms with Crippen LogP contribution in [0.25, 0.3) is 0 Å². The summed E-state index contributed by atoms with van der Waals surface area (Å²) in [7, 11) is 1.57. The van der Waals surface area contributed by atoms with Gasteiger partial charge in [-0.05, 0) is 37.1 Å². The number of nitrogens with zero attached hydrogens (tertiary/aromatic N) is 1. The van der Waals surface area contributed by atoms with Crippen LogP contribution < -0.4 is 24.4 Å². The van der Waals surface area contributed by atoms with Crippen molar-refractivity contribution in [3.8, 4) is 17.2 Å². The summed E-state index contributed by atoms with van der Waals surface area (Å²) in [5.74, 6) is 0.746. The standard InChI is InChI=1S/C24H26N2O5/c1-29-19-8-4-3-7-18(19)26-15-16(13-22(26)27)23(28)25-17-9-10-20-21(14-17)31-24(30-20)11-5-2-6-12-24/h3-4,7-10,14,16H,2,5-6,11-13,15H2,1H3,(H,25,28). The molecule has 2 aliphatic heterocycles. The molecule has 7 heteroatoms. The first-order chi connectivity index (χ1) is 15.1. The Hall–Kier alpha value is -3.22. The van der Waals surface area contributed by atoms with Gasteiger partial charge in [-0.25, -0.2) is 0 Å². The van der Waals surface area contributed by atoms with E-state index in [4.69, 9.17) is 14.2 Å². The van der Waals surface area contributed by atoms with Crippen molar-refractivity contribution >= 4 is 23.2 Å². The molecule has 1 N–H and O–H groups in total. The minimum absolute atomic E-state index is 0.0884. The molecule has 31 heavy (non-hydrogen) atoms. The number of carbonyl (C=O) groups excluding carboxylic acids is 2. The van der Waals surface area contributed by atoms with E-state index in [-0.39, 0.29) is 18.2 Å². The number of anilines is 2. The molecular formula is C24H26N2O5. The van der Waals surface area contributed by atoms with E-state index in [1.807, 2.05) is 42.5 Å². The molecule has 1 saturated carbocycles. The molecule has 1 spiro atoms. The van der Waals surface area contributed by atoms with Crippen LogP contribution in [0.5, 0.6) is 17.2 Å². The summed E-state index contributed by atoms with van der Waals surface area (Å²) in [4.78, 5) is 27.1. The predicted octanol–water partition coefficient (Wildman–Crippen LogP) is 4.12. The molecule has 0 bridgehead atoms. The summed E-state index contributed by atoms with van der Waals surface area (Å²) < 4.78 is 17.6. The number of ether oxygens (including phenoxy) is 3. The fourth-order valence-electron chi connectivity index (χ4n) is 4.68. The summed E-state index contributed by atoms with van der Waals surface area (Å²) in [6, 6.07) is 12.8. The number of hydrogen-bond donors (Lipinski definition) is 1. The molecule has 2 aromatic carbocycles. The van der Waals surface area contributed by atoms with Crippen LogP contribution in [0.15, 0.2) is 42.5 Å². The number of amides is 2. The highest BCUT2D eigenvalue weighted by atomic mass is 16.7. The van der Waals surface area contributed by atoms with Gasteiger partial charge in [-0.2, -0.15) is 0 Å². The first-order valence-corrected chi connectivity index (χ1v) is 10.8. The van der Waals surface area contributed by atoms with Gasteiger partial charge in [-0.15, -0.1) is 0 Å². The summed E-state index contributed by atoms with van der Waals surface area (Å²) in [6.45, 7) is 0.318. The average molecular weight is 422 g/mol. The Bertz CT molecular complexity index is 1010. The second-order valence-corrected chi connectivity index (χ2v) is 8.40. The maximum Gasteiger partial charge on any atom is 0.251 e. The fourth-order valence-corrected chi connectivity index (χ4v) is 4.68. The molecule has 3 aliphatic rings. The van der Waals surface area contributed by atoms with Crippen LogP contribution in [0.1, 0.15) is 38.5 Å². The second-order valence-electron chi connectivity index (χ2n) is 8.40. The second kappa shape index (κ2) is 7.80. The highest BCUT2D eigenvalue weighted by Gasteiger charge is 2.42. The lowest BCUT2D eigenvalue weighted by Gasteiger charge is -2.31. The third kappa shape index (κ3) is 3.69. The zero-order valence-electron chi connectivity index (χ0n) is 17.6. The van der Waals surface area contributed by atoms with Gasteiger partial charge < -0.3 is 24.4 Å². The van der Waals surface area contributed by atoms with Crippen molar-refractivity contribution in [2.75, 3.05) is 23.9 Å². The lowest BCUT2D eigenvalue weighted by atomic mass is 9.94. The van der Waals surface area contributed by atoms with Crippen LogP contribution in [0.4, 0.5) is 11.4 Å². The van der Waals surface area contributed by atoms with Gasteiger partial charge in [0, 0.05) is 37.6 Å². The number of rotatable bonds is 4. The van der Waals surface area contributed by atoms with Crippen LogP contribution in [-0.2, 0) is 9.59 Å². The molecule has 2 fully saturated rings. The third-order valence-electron chi connectivity index (χ3n) is 6.29. The van der Waals surface area contributed by atoms with Gasteiger partial charge in [0.1, 0.15) is 5.75 Å². The van der Waals surface area contributed by atoms with Gasteiger partial charge in [0.2, 0.25) is 11.8 Å². The van der Waals surface area contributed by atoms with Crippen molar-refractivity contribution in [2.24, 2.45) is 5.92 Å². The van der Waals surface area contributed by atoms with Crippen molar-refractivity contribution in [3.05, 3.63) is 42.5 Å². The maximum absolute atomic E-state index is 12.9. The summed E-state index contributed by atoms with van der Waals surface area (Å²) in [6.07, 6.45) is 5.32. The Balaban J connectivity index is 1.26. The molecule has 2 heterocycles. The molecule has 0 radical (unpaired) electrons. The molecular weight excluding hydrogens is 396 g/mol. The number of benzene rings is 2. The Morgan fingerprint density at radius 1 is 1.10 bits per heavy atom. The van der Waals surface area contributed by atoms with Crippen LogP contribution >= 0.6 is 0 Å². The number of fused-ring (bicyclic) bond motifs is 1. The van der Waals surface area contributed by atoms with Crippen molar-refractivity contribution in [3.63, 3.8) is 0 Å². The summed E-state index contributed by atoms with van der Waals surface area (Å²) >= 11 is 0. The van der Waals surface area contributed by atoms with Gasteiger partial charge in [0.25, 0.3) is 5.79 Å². The van der Waals surface area contributed by atoms with Crippen LogP contribution in [0.3, 0.4) is 0 Å². The zero-order valence-corrected chi connectivity index (χ0v) is 17.6. The van der Waals surface area contributed by atoms with Gasteiger partial charge in [-0.3, -0.25) is 9.59 Å². The minimum atomic E-state index is -0.545. The topological polar surface area (TPSA) is 77.1 Å². The monoisotopic (exact) mass is 422 g/mol. The largest absolute Gasteiger partial charge is 0.495 e. The quantitative estimate of drug-likeness (QED) is 0.802. The Morgan fingerprint density at radius 3 is 2.68 bits per heavy atom. The Labute approximate surface area is 181 Å². The number of carbonyl (C=O) groups is 2. The van der Waals surface area contributed by atoms with Crippen LogP contribution in [0, 0.1) is 5.92 Å². The number of para-hydroxylation sites is 2. The van der Waals surface area contributed by atoms with Crippen molar-refractivity contribution in [1.82, 2.24) is 0 Å². The van der Waals surface area contributed by atoms with E-state index in [0.717, 1.165) is 31.4 Å². The van der Waals surface area contributed by atoms with Crippen molar-refractivity contribution in [2.45, 2.75) is 44.3 Å².